The lowest BCUT2D eigenvalue weighted by Crippen LogP contribution is -2.53. The molecule has 7 rings (SSSR count). The summed E-state index contributed by atoms with van der Waals surface area (Å²) in [7, 11) is 0. The number of pyridine rings is 1. The van der Waals surface area contributed by atoms with Crippen LogP contribution in [-0.4, -0.2) is 60.7 Å². The highest BCUT2D eigenvalue weighted by molar-refractivity contribution is 6.30. The van der Waals surface area contributed by atoms with Gasteiger partial charge in [-0.1, -0.05) is 37.6 Å². The van der Waals surface area contributed by atoms with Crippen LogP contribution in [0.15, 0.2) is 54.7 Å². The average Bonchev–Trinajstić information content (AvgIpc) is 3.39. The maximum Gasteiger partial charge on any atom is 0.329 e. The van der Waals surface area contributed by atoms with Crippen LogP contribution in [0.5, 0.6) is 11.5 Å². The molecule has 1 saturated carbocycles. The molecule has 262 valence electrons. The lowest BCUT2D eigenvalue weighted by atomic mass is 9.59. The second kappa shape index (κ2) is 14.5. The molecule has 0 amide bonds. The molecule has 0 radical (unpaired) electrons. The summed E-state index contributed by atoms with van der Waals surface area (Å²) in [6.07, 6.45) is 9.67. The minimum atomic E-state index is -1.07. The molecule has 9 heteroatoms. The first-order valence-electron chi connectivity index (χ1n) is 18.1. The molecule has 2 aromatic carbocycles. The van der Waals surface area contributed by atoms with Crippen LogP contribution in [-0.2, 0) is 32.5 Å². The zero-order valence-electron chi connectivity index (χ0n) is 28.7. The zero-order valence-corrected chi connectivity index (χ0v) is 29.5. The smallest absolute Gasteiger partial charge is 0.329 e. The predicted octanol–water partition coefficient (Wildman–Crippen LogP) is 7.99. The largest absolute Gasteiger partial charge is 0.493 e. The van der Waals surface area contributed by atoms with Crippen LogP contribution in [0.3, 0.4) is 0 Å². The van der Waals surface area contributed by atoms with Crippen molar-refractivity contribution in [2.75, 3.05) is 38.4 Å². The van der Waals surface area contributed by atoms with E-state index >= 15 is 0 Å². The van der Waals surface area contributed by atoms with Crippen LogP contribution in [0, 0.1) is 11.8 Å². The first-order chi connectivity index (χ1) is 23.7. The van der Waals surface area contributed by atoms with Crippen LogP contribution in [0.4, 0.5) is 5.69 Å². The second-order valence-electron chi connectivity index (χ2n) is 14.9. The van der Waals surface area contributed by atoms with Crippen molar-refractivity contribution in [3.63, 3.8) is 0 Å². The first kappa shape index (κ1) is 34.1. The summed E-state index contributed by atoms with van der Waals surface area (Å²) in [5, 5.41) is 14.6. The number of carboxylic acid groups (broad SMARTS) is 1. The van der Waals surface area contributed by atoms with E-state index in [1.54, 1.807) is 12.1 Å². The van der Waals surface area contributed by atoms with Crippen LogP contribution >= 0.6 is 11.6 Å². The fraction of sp³-hybridized carbons (Fsp3) is 0.550. The SMILES string of the molecule is C[C@@H](COc1ccnc2c1[C@H](C)CCC2)CC1Cc2ccc(OC[C@@H]3COCCO3)cc2C12CCC(Nc1cccc(Cl)c1)(C(=O)O)CC2. The Morgan fingerprint density at radius 1 is 1.12 bits per heavy atom. The Balaban J connectivity index is 1.12. The number of halogens is 1. The van der Waals surface area contributed by atoms with Crippen LogP contribution in [0.2, 0.25) is 5.02 Å². The number of aliphatic carboxylic acids is 1. The molecule has 49 heavy (non-hydrogen) atoms. The van der Waals surface area contributed by atoms with Crippen LogP contribution in [0.1, 0.15) is 87.1 Å². The van der Waals surface area contributed by atoms with Crippen LogP contribution < -0.4 is 14.8 Å². The molecule has 4 atom stereocenters. The van der Waals surface area contributed by atoms with Gasteiger partial charge >= 0.3 is 5.97 Å². The molecular weight excluding hydrogens is 640 g/mol. The normalized spacial score (nSPS) is 28.3. The third kappa shape index (κ3) is 7.15. The van der Waals surface area contributed by atoms with Gasteiger partial charge in [0.1, 0.15) is 29.7 Å². The first-order valence-corrected chi connectivity index (χ1v) is 18.5. The second-order valence-corrected chi connectivity index (χ2v) is 15.3. The van der Waals surface area contributed by atoms with E-state index < -0.39 is 11.5 Å². The van der Waals surface area contributed by atoms with Gasteiger partial charge in [-0.3, -0.25) is 4.98 Å². The summed E-state index contributed by atoms with van der Waals surface area (Å²) in [5.41, 5.74) is 4.62. The van der Waals surface area contributed by atoms with Gasteiger partial charge in [0.15, 0.2) is 0 Å². The highest BCUT2D eigenvalue weighted by Crippen LogP contribution is 2.57. The number of anilines is 1. The number of rotatable bonds is 11. The van der Waals surface area contributed by atoms with Crippen molar-refractivity contribution in [3.05, 3.63) is 82.1 Å². The van der Waals surface area contributed by atoms with Gasteiger partial charge in [-0.05, 0) is 128 Å². The number of nitrogens with one attached hydrogen (secondary N) is 1. The molecular formula is C40H49ClN2O6. The van der Waals surface area contributed by atoms with Crippen molar-refractivity contribution < 1.29 is 28.8 Å². The highest BCUT2D eigenvalue weighted by atomic mass is 35.5. The van der Waals surface area contributed by atoms with E-state index in [0.29, 0.717) is 68.7 Å². The molecule has 8 nitrogen and oxygen atoms in total. The molecule has 0 bridgehead atoms. The highest BCUT2D eigenvalue weighted by Gasteiger charge is 2.54. The molecule has 1 spiro atoms. The Hall–Kier alpha value is -3.33. The van der Waals surface area contributed by atoms with E-state index in [1.807, 2.05) is 24.4 Å². The van der Waals surface area contributed by atoms with Gasteiger partial charge in [0, 0.05) is 28.2 Å². The summed E-state index contributed by atoms with van der Waals surface area (Å²) >= 11 is 6.28. The summed E-state index contributed by atoms with van der Waals surface area (Å²) in [5.74, 6) is 2.12. The van der Waals surface area contributed by atoms with E-state index in [9.17, 15) is 9.90 Å². The van der Waals surface area contributed by atoms with Gasteiger partial charge in [-0.15, -0.1) is 0 Å². The molecule has 4 aliphatic rings. The van der Waals surface area contributed by atoms with E-state index in [4.69, 9.17) is 30.5 Å². The fourth-order valence-electron chi connectivity index (χ4n) is 8.99. The van der Waals surface area contributed by atoms with Gasteiger partial charge in [0.25, 0.3) is 0 Å². The molecule has 2 N–H and O–H groups in total. The van der Waals surface area contributed by atoms with Crippen molar-refractivity contribution in [3.8, 4) is 11.5 Å². The monoisotopic (exact) mass is 688 g/mol. The van der Waals surface area contributed by atoms with E-state index in [2.05, 4.69) is 42.3 Å². The third-order valence-electron chi connectivity index (χ3n) is 11.6. The summed E-state index contributed by atoms with van der Waals surface area (Å²) in [6.45, 7) is 7.39. The molecule has 1 saturated heterocycles. The van der Waals surface area contributed by atoms with E-state index in [0.717, 1.165) is 49.3 Å². The Morgan fingerprint density at radius 3 is 2.76 bits per heavy atom. The summed E-state index contributed by atoms with van der Waals surface area (Å²) in [4.78, 5) is 17.6. The average molecular weight is 689 g/mol. The maximum absolute atomic E-state index is 12.9. The molecule has 2 heterocycles. The number of aromatic nitrogens is 1. The lowest BCUT2D eigenvalue weighted by molar-refractivity contribution is -0.144. The predicted molar refractivity (Wildman–Crippen MR) is 190 cm³/mol. The van der Waals surface area contributed by atoms with Crippen LogP contribution in [0.25, 0.3) is 0 Å². The number of carbonyl (C=O) groups is 1. The molecule has 1 aromatic heterocycles. The molecule has 1 aliphatic heterocycles. The minimum absolute atomic E-state index is 0.0815. The van der Waals surface area contributed by atoms with Gasteiger partial charge in [-0.2, -0.15) is 0 Å². The number of nitrogens with zero attached hydrogens (tertiary/aromatic N) is 1. The summed E-state index contributed by atoms with van der Waals surface area (Å²) < 4.78 is 24.2. The van der Waals surface area contributed by atoms with Gasteiger partial charge < -0.3 is 29.4 Å². The number of ether oxygens (including phenoxy) is 4. The fourth-order valence-corrected chi connectivity index (χ4v) is 9.18. The lowest BCUT2D eigenvalue weighted by Gasteiger charge is -2.47. The van der Waals surface area contributed by atoms with Gasteiger partial charge in [0.2, 0.25) is 0 Å². The Bertz CT molecular complexity index is 1630. The minimum Gasteiger partial charge on any atom is -0.493 e. The number of hydrogen-bond acceptors (Lipinski definition) is 7. The molecule has 3 aliphatic carbocycles. The van der Waals surface area contributed by atoms with Crippen molar-refractivity contribution >= 4 is 23.3 Å². The van der Waals surface area contributed by atoms with E-state index in [1.165, 1.54) is 35.2 Å². The van der Waals surface area contributed by atoms with E-state index in [-0.39, 0.29) is 11.5 Å². The van der Waals surface area contributed by atoms with Gasteiger partial charge in [-0.25, -0.2) is 4.79 Å². The zero-order chi connectivity index (χ0) is 34.0. The number of fused-ring (bicyclic) bond motifs is 3. The van der Waals surface area contributed by atoms with Crippen molar-refractivity contribution in [2.45, 2.75) is 94.6 Å². The Morgan fingerprint density at radius 2 is 1.98 bits per heavy atom. The third-order valence-corrected chi connectivity index (χ3v) is 11.8. The molecule has 3 aromatic rings. The Kier molecular flexibility index (Phi) is 10.1. The number of aryl methyl sites for hydroxylation is 1. The number of hydrogen-bond donors (Lipinski definition) is 2. The maximum atomic E-state index is 12.9. The molecule has 1 unspecified atom stereocenters. The summed E-state index contributed by atoms with van der Waals surface area (Å²) in [6, 6.07) is 15.9. The number of benzene rings is 2. The quantitative estimate of drug-likeness (QED) is 0.209. The topological polar surface area (TPSA) is 99.1 Å². The van der Waals surface area contributed by atoms with Crippen molar-refractivity contribution in [1.82, 2.24) is 4.98 Å². The van der Waals surface area contributed by atoms with Crippen molar-refractivity contribution in [2.24, 2.45) is 11.8 Å². The van der Waals surface area contributed by atoms with Gasteiger partial charge in [0.05, 0.1) is 26.4 Å². The Labute approximate surface area is 294 Å². The van der Waals surface area contributed by atoms with Crippen molar-refractivity contribution in [1.29, 1.82) is 0 Å². The number of carboxylic acids is 1. The molecule has 2 fully saturated rings. The standard InChI is InChI=1S/C40H49ClN2O6/c1-26(23-49-36-11-16-42-35-8-3-5-27(2)37(35)36)19-29-20-28-9-10-32(48-25-33-24-46-17-18-47-33)22-34(28)39(29)12-14-40(15-13-39,38(44)45)43-31-7-4-6-30(41)21-31/h4,6-7,9-11,16,21-22,26-27,29,33,43H,3,5,8,12-15,17-20,23-25H2,1-2H3,(H,44,45)/t26-,27-,29?,33+,39?,40?/m1/s1.